The van der Waals surface area contributed by atoms with Crippen molar-refractivity contribution < 1.29 is 14.0 Å². The monoisotopic (exact) mass is 326 g/mol. The van der Waals surface area contributed by atoms with E-state index in [-0.39, 0.29) is 18.4 Å². The molecule has 2 heterocycles. The van der Waals surface area contributed by atoms with Crippen LogP contribution >= 0.6 is 0 Å². The Morgan fingerprint density at radius 3 is 2.71 bits per heavy atom. The van der Waals surface area contributed by atoms with E-state index in [2.05, 4.69) is 13.8 Å². The molecule has 1 aromatic carbocycles. The van der Waals surface area contributed by atoms with E-state index in [1.807, 2.05) is 36.4 Å². The van der Waals surface area contributed by atoms with Gasteiger partial charge in [-0.05, 0) is 29.7 Å². The zero-order valence-electron chi connectivity index (χ0n) is 14.1. The van der Waals surface area contributed by atoms with Crippen molar-refractivity contribution in [3.05, 3.63) is 59.5 Å². The van der Waals surface area contributed by atoms with Crippen molar-refractivity contribution in [1.82, 2.24) is 9.80 Å². The van der Waals surface area contributed by atoms with Gasteiger partial charge in [0.2, 0.25) is 5.91 Å². The van der Waals surface area contributed by atoms with Crippen molar-refractivity contribution >= 4 is 11.8 Å². The predicted octanol–water partition coefficient (Wildman–Crippen LogP) is 2.92. The summed E-state index contributed by atoms with van der Waals surface area (Å²) >= 11 is 0. The normalized spacial score (nSPS) is 13.5. The summed E-state index contributed by atoms with van der Waals surface area (Å²) in [6.07, 6.45) is 1.61. The molecule has 5 heteroatoms. The van der Waals surface area contributed by atoms with Crippen LogP contribution in [0.4, 0.5) is 0 Å². The fraction of sp³-hybridized carbons (Fsp3) is 0.368. The number of carbonyl (C=O) groups is 2. The highest BCUT2D eigenvalue weighted by molar-refractivity contribution is 6.00. The summed E-state index contributed by atoms with van der Waals surface area (Å²) in [4.78, 5) is 28.6. The molecule has 1 aliphatic heterocycles. The zero-order chi connectivity index (χ0) is 17.1. The van der Waals surface area contributed by atoms with Gasteiger partial charge >= 0.3 is 0 Å². The van der Waals surface area contributed by atoms with Crippen LogP contribution in [0.5, 0.6) is 0 Å². The number of benzene rings is 1. The second-order valence-electron chi connectivity index (χ2n) is 6.57. The smallest absolute Gasteiger partial charge is 0.254 e. The zero-order valence-corrected chi connectivity index (χ0v) is 14.1. The van der Waals surface area contributed by atoms with Gasteiger partial charge in [0.1, 0.15) is 12.3 Å². The van der Waals surface area contributed by atoms with Crippen LogP contribution in [-0.4, -0.2) is 34.7 Å². The molecule has 0 N–H and O–H groups in total. The SMILES string of the molecule is CC(C)CN(Cc1ccco1)C(=O)CN1Cc2ccccc2C1=O. The first-order valence-corrected chi connectivity index (χ1v) is 8.22. The lowest BCUT2D eigenvalue weighted by Gasteiger charge is -2.26. The Morgan fingerprint density at radius 1 is 1.25 bits per heavy atom. The van der Waals surface area contributed by atoms with Crippen molar-refractivity contribution in [3.63, 3.8) is 0 Å². The molecular weight excluding hydrogens is 304 g/mol. The predicted molar refractivity (Wildman–Crippen MR) is 90.1 cm³/mol. The molecule has 0 bridgehead atoms. The Hall–Kier alpha value is -2.56. The second kappa shape index (κ2) is 6.91. The van der Waals surface area contributed by atoms with Gasteiger partial charge in [-0.1, -0.05) is 32.0 Å². The van der Waals surface area contributed by atoms with E-state index in [0.717, 1.165) is 11.3 Å². The molecule has 126 valence electrons. The first-order valence-electron chi connectivity index (χ1n) is 8.22. The number of nitrogens with zero attached hydrogens (tertiary/aromatic N) is 2. The van der Waals surface area contributed by atoms with Crippen LogP contribution in [0.2, 0.25) is 0 Å². The molecule has 0 fully saturated rings. The van der Waals surface area contributed by atoms with Gasteiger partial charge in [-0.15, -0.1) is 0 Å². The maximum atomic E-state index is 12.7. The molecule has 1 aromatic heterocycles. The second-order valence-corrected chi connectivity index (χ2v) is 6.57. The van der Waals surface area contributed by atoms with E-state index in [1.54, 1.807) is 16.1 Å². The topological polar surface area (TPSA) is 53.8 Å². The minimum Gasteiger partial charge on any atom is -0.467 e. The first kappa shape index (κ1) is 16.3. The standard InChI is InChI=1S/C19H22N2O3/c1-14(2)10-20(12-16-7-5-9-24-16)18(22)13-21-11-15-6-3-4-8-17(15)19(21)23/h3-9,14H,10-13H2,1-2H3. The molecule has 0 saturated heterocycles. The van der Waals surface area contributed by atoms with Crippen LogP contribution in [0.25, 0.3) is 0 Å². The minimum atomic E-state index is -0.0681. The number of amides is 2. The highest BCUT2D eigenvalue weighted by Gasteiger charge is 2.29. The van der Waals surface area contributed by atoms with Crippen LogP contribution < -0.4 is 0 Å². The number of hydrogen-bond acceptors (Lipinski definition) is 3. The summed E-state index contributed by atoms with van der Waals surface area (Å²) in [7, 11) is 0. The number of furan rings is 1. The first-order chi connectivity index (χ1) is 11.5. The maximum absolute atomic E-state index is 12.7. The van der Waals surface area contributed by atoms with E-state index in [4.69, 9.17) is 4.42 Å². The van der Waals surface area contributed by atoms with Crippen molar-refractivity contribution in [1.29, 1.82) is 0 Å². The Labute approximate surface area is 141 Å². The molecule has 0 spiro atoms. The van der Waals surface area contributed by atoms with Gasteiger partial charge in [-0.3, -0.25) is 9.59 Å². The van der Waals surface area contributed by atoms with Gasteiger partial charge in [0.05, 0.1) is 12.8 Å². The van der Waals surface area contributed by atoms with Crippen LogP contribution in [-0.2, 0) is 17.9 Å². The summed E-state index contributed by atoms with van der Waals surface area (Å²) < 4.78 is 5.36. The van der Waals surface area contributed by atoms with E-state index >= 15 is 0 Å². The summed E-state index contributed by atoms with van der Waals surface area (Å²) in [5.41, 5.74) is 1.68. The molecule has 3 rings (SSSR count). The fourth-order valence-electron chi connectivity index (χ4n) is 2.99. The van der Waals surface area contributed by atoms with Gasteiger partial charge in [-0.25, -0.2) is 0 Å². The maximum Gasteiger partial charge on any atom is 0.254 e. The molecule has 5 nitrogen and oxygen atoms in total. The van der Waals surface area contributed by atoms with Gasteiger partial charge < -0.3 is 14.2 Å². The molecule has 2 amide bonds. The van der Waals surface area contributed by atoms with E-state index in [9.17, 15) is 9.59 Å². The van der Waals surface area contributed by atoms with Crippen molar-refractivity contribution in [2.45, 2.75) is 26.9 Å². The number of carbonyl (C=O) groups excluding carboxylic acids is 2. The summed E-state index contributed by atoms with van der Waals surface area (Å²) in [6.45, 7) is 5.80. The van der Waals surface area contributed by atoms with Crippen molar-refractivity contribution in [2.75, 3.05) is 13.1 Å². The summed E-state index contributed by atoms with van der Waals surface area (Å²) in [5, 5.41) is 0. The van der Waals surface area contributed by atoms with E-state index < -0.39 is 0 Å². The largest absolute Gasteiger partial charge is 0.467 e. The van der Waals surface area contributed by atoms with E-state index in [1.165, 1.54) is 0 Å². The molecule has 0 saturated carbocycles. The number of fused-ring (bicyclic) bond motifs is 1. The fourth-order valence-corrected chi connectivity index (χ4v) is 2.99. The minimum absolute atomic E-state index is 0.0544. The lowest BCUT2D eigenvalue weighted by Crippen LogP contribution is -2.41. The molecule has 0 radical (unpaired) electrons. The Bertz CT molecular complexity index is 722. The third kappa shape index (κ3) is 3.50. The van der Waals surface area contributed by atoms with Gasteiger partial charge in [0.25, 0.3) is 5.91 Å². The Morgan fingerprint density at radius 2 is 2.04 bits per heavy atom. The van der Waals surface area contributed by atoms with Gasteiger partial charge in [0, 0.05) is 18.7 Å². The average molecular weight is 326 g/mol. The van der Waals surface area contributed by atoms with E-state index in [0.29, 0.717) is 31.1 Å². The van der Waals surface area contributed by atoms with Gasteiger partial charge in [0.15, 0.2) is 0 Å². The molecule has 24 heavy (non-hydrogen) atoms. The third-order valence-electron chi connectivity index (χ3n) is 4.09. The molecule has 0 unspecified atom stereocenters. The Balaban J connectivity index is 1.68. The quantitative estimate of drug-likeness (QED) is 0.820. The van der Waals surface area contributed by atoms with Crippen LogP contribution in [0.15, 0.2) is 47.1 Å². The highest BCUT2D eigenvalue weighted by atomic mass is 16.3. The lowest BCUT2D eigenvalue weighted by atomic mass is 10.1. The summed E-state index contributed by atoms with van der Waals surface area (Å²) in [6, 6.07) is 11.2. The average Bonchev–Trinajstić information content (AvgIpc) is 3.16. The lowest BCUT2D eigenvalue weighted by molar-refractivity contribution is -0.133. The number of hydrogen-bond donors (Lipinski definition) is 0. The molecule has 1 aliphatic rings. The highest BCUT2D eigenvalue weighted by Crippen LogP contribution is 2.22. The summed E-state index contributed by atoms with van der Waals surface area (Å²) in [5.74, 6) is 0.970. The molecule has 0 atom stereocenters. The Kier molecular flexibility index (Phi) is 4.69. The van der Waals surface area contributed by atoms with Crippen LogP contribution in [0.3, 0.4) is 0 Å². The van der Waals surface area contributed by atoms with Crippen LogP contribution in [0, 0.1) is 5.92 Å². The van der Waals surface area contributed by atoms with Crippen molar-refractivity contribution in [2.24, 2.45) is 5.92 Å². The molecule has 2 aromatic rings. The van der Waals surface area contributed by atoms with Gasteiger partial charge in [-0.2, -0.15) is 0 Å². The number of rotatable bonds is 6. The molecule has 0 aliphatic carbocycles. The molecular formula is C19H22N2O3. The van der Waals surface area contributed by atoms with Crippen molar-refractivity contribution in [3.8, 4) is 0 Å². The third-order valence-corrected chi connectivity index (χ3v) is 4.09. The van der Waals surface area contributed by atoms with Crippen LogP contribution in [0.1, 0.15) is 35.5 Å².